The summed E-state index contributed by atoms with van der Waals surface area (Å²) < 4.78 is 39.3. The lowest BCUT2D eigenvalue weighted by Crippen LogP contribution is -2.17. The highest BCUT2D eigenvalue weighted by atomic mass is 79.9. The molecule has 0 atom stereocenters. The van der Waals surface area contributed by atoms with Crippen molar-refractivity contribution in [3.05, 3.63) is 22.7 Å². The molecule has 0 fully saturated rings. The predicted octanol–water partition coefficient (Wildman–Crippen LogP) is 3.32. The minimum atomic E-state index is -4.79. The van der Waals surface area contributed by atoms with Gasteiger partial charge in [-0.1, -0.05) is 6.07 Å². The van der Waals surface area contributed by atoms with Crippen LogP contribution < -0.4 is 4.74 Å². The maximum Gasteiger partial charge on any atom is 0.573 e. The summed E-state index contributed by atoms with van der Waals surface area (Å²) in [4.78, 5) is 13.1. The van der Waals surface area contributed by atoms with Crippen molar-refractivity contribution in [1.29, 1.82) is 0 Å². The standard InChI is InChI=1S/C8H3BrF3NO2/c9-7-5(13-4-14)2-1-3-6(7)15-8(10,11)12/h1-3H. The number of carbonyl (C=O) groups excluding carboxylic acids is 1. The van der Waals surface area contributed by atoms with Crippen LogP contribution >= 0.6 is 15.9 Å². The Kier molecular flexibility index (Phi) is 3.49. The van der Waals surface area contributed by atoms with E-state index in [2.05, 4.69) is 25.7 Å². The lowest BCUT2D eigenvalue weighted by molar-refractivity contribution is -0.274. The number of alkyl halides is 3. The van der Waals surface area contributed by atoms with Gasteiger partial charge in [-0.2, -0.15) is 4.99 Å². The lowest BCUT2D eigenvalue weighted by Gasteiger charge is -2.10. The summed E-state index contributed by atoms with van der Waals surface area (Å²) in [6.07, 6.45) is -3.56. The van der Waals surface area contributed by atoms with Gasteiger partial charge in [0.05, 0.1) is 10.2 Å². The molecular weight excluding hydrogens is 279 g/mol. The Morgan fingerprint density at radius 2 is 2.07 bits per heavy atom. The molecular formula is C8H3BrF3NO2. The molecule has 1 aromatic rings. The molecule has 0 aliphatic heterocycles. The van der Waals surface area contributed by atoms with Crippen LogP contribution in [0.1, 0.15) is 0 Å². The van der Waals surface area contributed by atoms with E-state index in [9.17, 15) is 18.0 Å². The highest BCUT2D eigenvalue weighted by molar-refractivity contribution is 9.10. The molecule has 1 aromatic carbocycles. The Balaban J connectivity index is 3.10. The Labute approximate surface area is 90.7 Å². The van der Waals surface area contributed by atoms with Gasteiger partial charge < -0.3 is 4.74 Å². The van der Waals surface area contributed by atoms with Gasteiger partial charge in [-0.15, -0.1) is 13.2 Å². The van der Waals surface area contributed by atoms with Crippen LogP contribution in [0.4, 0.5) is 18.9 Å². The lowest BCUT2D eigenvalue weighted by atomic mass is 10.3. The van der Waals surface area contributed by atoms with Crippen LogP contribution in [0.3, 0.4) is 0 Å². The van der Waals surface area contributed by atoms with Crippen molar-refractivity contribution in [3.63, 3.8) is 0 Å². The van der Waals surface area contributed by atoms with Crippen LogP contribution in [0.2, 0.25) is 0 Å². The molecule has 0 amide bonds. The number of ether oxygens (including phenoxy) is 1. The zero-order chi connectivity index (χ0) is 11.5. The van der Waals surface area contributed by atoms with Gasteiger partial charge in [-0.3, -0.25) is 0 Å². The molecule has 0 saturated carbocycles. The smallest absolute Gasteiger partial charge is 0.404 e. The van der Waals surface area contributed by atoms with E-state index in [1.54, 1.807) is 0 Å². The highest BCUT2D eigenvalue weighted by Gasteiger charge is 2.32. The van der Waals surface area contributed by atoms with Crippen molar-refractivity contribution in [1.82, 2.24) is 0 Å². The van der Waals surface area contributed by atoms with Crippen LogP contribution in [0.15, 0.2) is 27.7 Å². The van der Waals surface area contributed by atoms with Crippen LogP contribution in [-0.4, -0.2) is 12.4 Å². The summed E-state index contributed by atoms with van der Waals surface area (Å²) in [7, 11) is 0. The quantitative estimate of drug-likeness (QED) is 0.616. The van der Waals surface area contributed by atoms with Gasteiger partial charge >= 0.3 is 6.36 Å². The molecule has 80 valence electrons. The van der Waals surface area contributed by atoms with E-state index in [1.165, 1.54) is 18.2 Å². The summed E-state index contributed by atoms with van der Waals surface area (Å²) in [6.45, 7) is 0. The van der Waals surface area contributed by atoms with Gasteiger partial charge in [-0.25, -0.2) is 4.79 Å². The summed E-state index contributed by atoms with van der Waals surface area (Å²) >= 11 is 2.84. The molecule has 15 heavy (non-hydrogen) atoms. The fourth-order valence-electron chi connectivity index (χ4n) is 0.838. The molecule has 0 saturated heterocycles. The second-order valence-electron chi connectivity index (χ2n) is 2.34. The number of benzene rings is 1. The molecule has 7 heteroatoms. The third kappa shape index (κ3) is 3.38. The average Bonchev–Trinajstić information content (AvgIpc) is 2.10. The fraction of sp³-hybridized carbons (Fsp3) is 0.125. The van der Waals surface area contributed by atoms with Crippen molar-refractivity contribution < 1.29 is 22.7 Å². The van der Waals surface area contributed by atoms with E-state index < -0.39 is 12.1 Å². The Morgan fingerprint density at radius 1 is 1.40 bits per heavy atom. The SMILES string of the molecule is O=C=Nc1cccc(OC(F)(F)F)c1Br. The number of halogens is 4. The monoisotopic (exact) mass is 281 g/mol. The molecule has 0 aliphatic carbocycles. The normalized spacial score (nSPS) is 10.7. The van der Waals surface area contributed by atoms with Crippen LogP contribution in [-0.2, 0) is 4.79 Å². The topological polar surface area (TPSA) is 38.7 Å². The molecule has 0 spiro atoms. The number of nitrogens with zero attached hydrogens (tertiary/aromatic N) is 1. The second-order valence-corrected chi connectivity index (χ2v) is 3.13. The van der Waals surface area contributed by atoms with Crippen molar-refractivity contribution in [2.75, 3.05) is 0 Å². The first-order chi connectivity index (χ1) is 6.94. The first kappa shape index (κ1) is 11.7. The van der Waals surface area contributed by atoms with Gasteiger partial charge in [0.25, 0.3) is 0 Å². The van der Waals surface area contributed by atoms with E-state index in [-0.39, 0.29) is 10.2 Å². The first-order valence-corrected chi connectivity index (χ1v) is 4.35. The molecule has 3 nitrogen and oxygen atoms in total. The predicted molar refractivity (Wildman–Crippen MR) is 48.6 cm³/mol. The zero-order valence-electron chi connectivity index (χ0n) is 7.01. The summed E-state index contributed by atoms with van der Waals surface area (Å²) in [6, 6.07) is 3.72. The van der Waals surface area contributed by atoms with Crippen molar-refractivity contribution >= 4 is 27.7 Å². The number of hydrogen-bond donors (Lipinski definition) is 0. The molecule has 0 aliphatic rings. The average molecular weight is 282 g/mol. The minimum absolute atomic E-state index is 0.0201. The van der Waals surface area contributed by atoms with Crippen LogP contribution in [0, 0.1) is 0 Å². The number of aliphatic imine (C=N–C) groups is 1. The van der Waals surface area contributed by atoms with E-state index in [4.69, 9.17) is 0 Å². The maximum atomic E-state index is 11.9. The zero-order valence-corrected chi connectivity index (χ0v) is 8.59. The Hall–Kier alpha value is -1.33. The molecule has 0 heterocycles. The molecule has 1 rings (SSSR count). The van der Waals surface area contributed by atoms with Gasteiger partial charge in [0.1, 0.15) is 5.75 Å². The van der Waals surface area contributed by atoms with Crippen molar-refractivity contribution in [2.45, 2.75) is 6.36 Å². The van der Waals surface area contributed by atoms with Crippen molar-refractivity contribution in [2.24, 2.45) is 4.99 Å². The van der Waals surface area contributed by atoms with E-state index in [0.29, 0.717) is 0 Å². The van der Waals surface area contributed by atoms with Crippen LogP contribution in [0.25, 0.3) is 0 Å². The molecule has 0 aromatic heterocycles. The highest BCUT2D eigenvalue weighted by Crippen LogP contribution is 2.36. The third-order valence-corrected chi connectivity index (χ3v) is 2.13. The van der Waals surface area contributed by atoms with Gasteiger partial charge in [0.15, 0.2) is 0 Å². The second kappa shape index (κ2) is 4.46. The van der Waals surface area contributed by atoms with Crippen LogP contribution in [0.5, 0.6) is 5.75 Å². The van der Waals surface area contributed by atoms with E-state index in [0.717, 1.165) is 6.07 Å². The first-order valence-electron chi connectivity index (χ1n) is 3.56. The molecule has 0 radical (unpaired) electrons. The number of isocyanates is 1. The Bertz CT molecular complexity index is 413. The summed E-state index contributed by atoms with van der Waals surface area (Å²) in [5, 5.41) is 0. The van der Waals surface area contributed by atoms with Crippen molar-refractivity contribution in [3.8, 4) is 5.75 Å². The Morgan fingerprint density at radius 3 is 2.60 bits per heavy atom. The fourth-order valence-corrected chi connectivity index (χ4v) is 1.27. The summed E-state index contributed by atoms with van der Waals surface area (Å²) in [5.41, 5.74) is 0.0201. The molecule has 0 N–H and O–H groups in total. The van der Waals surface area contributed by atoms with Gasteiger partial charge in [0.2, 0.25) is 6.08 Å². The van der Waals surface area contributed by atoms with E-state index in [1.807, 2.05) is 0 Å². The van der Waals surface area contributed by atoms with Gasteiger partial charge in [-0.05, 0) is 28.1 Å². The number of hydrogen-bond acceptors (Lipinski definition) is 3. The maximum absolute atomic E-state index is 11.9. The number of rotatable bonds is 2. The minimum Gasteiger partial charge on any atom is -0.404 e. The molecule has 0 bridgehead atoms. The van der Waals surface area contributed by atoms with E-state index >= 15 is 0 Å². The molecule has 0 unspecified atom stereocenters. The summed E-state index contributed by atoms with van der Waals surface area (Å²) in [5.74, 6) is -0.459. The van der Waals surface area contributed by atoms with Gasteiger partial charge in [0, 0.05) is 0 Å². The third-order valence-electron chi connectivity index (χ3n) is 1.33. The largest absolute Gasteiger partial charge is 0.573 e.